The number of thioether (sulfide) groups is 1. The molecule has 4 bridgehead atoms. The topological polar surface area (TPSA) is 17.8 Å². The lowest BCUT2D eigenvalue weighted by Gasteiger charge is -2.59. The van der Waals surface area contributed by atoms with Crippen LogP contribution in [0.1, 0.15) is 38.5 Å². The quantitative estimate of drug-likeness (QED) is 0.692. The third kappa shape index (κ3) is 2.71. The van der Waals surface area contributed by atoms with E-state index < -0.39 is 0 Å². The summed E-state index contributed by atoms with van der Waals surface area (Å²) in [6.07, 6.45) is 15.0. The van der Waals surface area contributed by atoms with E-state index in [9.17, 15) is 0 Å². The zero-order valence-electron chi connectivity index (χ0n) is 14.2. The molecule has 2 nitrogen and oxygen atoms in total. The number of imidazole rings is 1. The Balaban J connectivity index is 1.46. The zero-order chi connectivity index (χ0) is 16.0. The van der Waals surface area contributed by atoms with Crippen molar-refractivity contribution in [2.45, 2.75) is 55.2 Å². The maximum Gasteiger partial charge on any atom is 0.0946 e. The van der Waals surface area contributed by atoms with Gasteiger partial charge in [0.1, 0.15) is 0 Å². The molecule has 4 saturated carbocycles. The van der Waals surface area contributed by atoms with Gasteiger partial charge in [0, 0.05) is 29.1 Å². The van der Waals surface area contributed by atoms with Gasteiger partial charge in [-0.05, 0) is 73.8 Å². The molecule has 24 heavy (non-hydrogen) atoms. The predicted molar refractivity (Wildman–Crippen MR) is 98.9 cm³/mol. The molecule has 1 aromatic carbocycles. The van der Waals surface area contributed by atoms with Crippen LogP contribution in [0.5, 0.6) is 0 Å². The number of hydrogen-bond acceptors (Lipinski definition) is 2. The van der Waals surface area contributed by atoms with Crippen molar-refractivity contribution in [3.05, 3.63) is 49.1 Å². The number of rotatable bonds is 5. The third-order valence-corrected chi connectivity index (χ3v) is 8.20. The Labute approximate surface area is 149 Å². The SMILES string of the molecule is c1ccc(SC(Cn2ccnc2)C23CC4CC(CC(C4)C2)C3)cc1. The van der Waals surface area contributed by atoms with Crippen molar-refractivity contribution in [1.29, 1.82) is 0 Å². The van der Waals surface area contributed by atoms with Gasteiger partial charge in [0.2, 0.25) is 0 Å². The highest BCUT2D eigenvalue weighted by molar-refractivity contribution is 8.00. The van der Waals surface area contributed by atoms with Crippen LogP contribution in [-0.4, -0.2) is 14.8 Å². The molecule has 0 aliphatic heterocycles. The van der Waals surface area contributed by atoms with Crippen LogP contribution in [0.25, 0.3) is 0 Å². The number of aromatic nitrogens is 2. The Morgan fingerprint density at radius 2 is 1.71 bits per heavy atom. The van der Waals surface area contributed by atoms with E-state index in [-0.39, 0.29) is 0 Å². The first-order valence-electron chi connectivity index (χ1n) is 9.46. The maximum absolute atomic E-state index is 4.28. The van der Waals surface area contributed by atoms with E-state index in [1.165, 1.54) is 43.4 Å². The highest BCUT2D eigenvalue weighted by Gasteiger charge is 2.54. The Kier molecular flexibility index (Phi) is 3.73. The van der Waals surface area contributed by atoms with Gasteiger partial charge in [-0.25, -0.2) is 4.98 Å². The summed E-state index contributed by atoms with van der Waals surface area (Å²) in [5.74, 6) is 3.04. The van der Waals surface area contributed by atoms with Gasteiger partial charge in [0.25, 0.3) is 0 Å². The molecule has 0 amide bonds. The lowest BCUT2D eigenvalue weighted by atomic mass is 9.48. The second-order valence-corrected chi connectivity index (χ2v) is 9.74. The summed E-state index contributed by atoms with van der Waals surface area (Å²) in [6.45, 7) is 1.10. The first-order chi connectivity index (χ1) is 11.8. The van der Waals surface area contributed by atoms with Gasteiger partial charge in [-0.2, -0.15) is 0 Å². The van der Waals surface area contributed by atoms with Crippen molar-refractivity contribution in [1.82, 2.24) is 9.55 Å². The van der Waals surface area contributed by atoms with E-state index in [1.54, 1.807) is 0 Å². The fraction of sp³-hybridized carbons (Fsp3) is 0.571. The second-order valence-electron chi connectivity index (χ2n) is 8.46. The zero-order valence-corrected chi connectivity index (χ0v) is 15.0. The molecule has 126 valence electrons. The van der Waals surface area contributed by atoms with E-state index >= 15 is 0 Å². The molecule has 0 spiro atoms. The molecular formula is C21H26N2S. The summed E-state index contributed by atoms with van der Waals surface area (Å²) in [7, 11) is 0. The molecule has 4 aliphatic carbocycles. The predicted octanol–water partition coefficient (Wildman–Crippen LogP) is 5.26. The minimum Gasteiger partial charge on any atom is -0.336 e. The van der Waals surface area contributed by atoms with Crippen LogP contribution in [0.3, 0.4) is 0 Å². The minimum atomic E-state index is 0.555. The van der Waals surface area contributed by atoms with Crippen molar-refractivity contribution in [2.75, 3.05) is 0 Å². The van der Waals surface area contributed by atoms with Crippen molar-refractivity contribution in [2.24, 2.45) is 23.2 Å². The van der Waals surface area contributed by atoms with Gasteiger partial charge in [-0.1, -0.05) is 18.2 Å². The normalized spacial score (nSPS) is 35.2. The molecule has 0 N–H and O–H groups in total. The van der Waals surface area contributed by atoms with E-state index in [2.05, 4.69) is 57.8 Å². The van der Waals surface area contributed by atoms with Gasteiger partial charge < -0.3 is 4.57 Å². The fourth-order valence-electron chi connectivity index (χ4n) is 6.18. The summed E-state index contributed by atoms with van der Waals surface area (Å²) in [5, 5.41) is 0.669. The van der Waals surface area contributed by atoms with Crippen LogP contribution in [0.4, 0.5) is 0 Å². The highest BCUT2D eigenvalue weighted by Crippen LogP contribution is 2.63. The summed E-state index contributed by atoms with van der Waals surface area (Å²) in [5.41, 5.74) is 0.555. The van der Waals surface area contributed by atoms with Crippen molar-refractivity contribution in [3.63, 3.8) is 0 Å². The molecule has 4 aliphatic rings. The first-order valence-corrected chi connectivity index (χ1v) is 10.3. The lowest BCUT2D eigenvalue weighted by Crippen LogP contribution is -2.51. The molecule has 1 aromatic heterocycles. The molecule has 1 heterocycles. The van der Waals surface area contributed by atoms with Gasteiger partial charge >= 0.3 is 0 Å². The van der Waals surface area contributed by atoms with Gasteiger partial charge in [-0.15, -0.1) is 11.8 Å². The van der Waals surface area contributed by atoms with E-state index in [0.29, 0.717) is 10.7 Å². The molecule has 1 atom stereocenters. The Bertz CT molecular complexity index is 644. The van der Waals surface area contributed by atoms with Gasteiger partial charge in [0.15, 0.2) is 0 Å². The Hall–Kier alpha value is -1.22. The summed E-state index contributed by atoms with van der Waals surface area (Å²) < 4.78 is 2.30. The van der Waals surface area contributed by atoms with E-state index in [1.807, 2.05) is 12.5 Å². The minimum absolute atomic E-state index is 0.555. The van der Waals surface area contributed by atoms with Crippen LogP contribution in [0.15, 0.2) is 53.9 Å². The van der Waals surface area contributed by atoms with Gasteiger partial charge in [0.05, 0.1) is 6.33 Å². The Morgan fingerprint density at radius 1 is 1.04 bits per heavy atom. The molecule has 1 unspecified atom stereocenters. The molecule has 6 rings (SSSR count). The lowest BCUT2D eigenvalue weighted by molar-refractivity contribution is -0.0553. The molecule has 4 fully saturated rings. The number of benzene rings is 1. The molecular weight excluding hydrogens is 312 g/mol. The first kappa shape index (κ1) is 15.1. The van der Waals surface area contributed by atoms with Crippen molar-refractivity contribution in [3.8, 4) is 0 Å². The summed E-state index contributed by atoms with van der Waals surface area (Å²) in [4.78, 5) is 5.71. The van der Waals surface area contributed by atoms with E-state index in [4.69, 9.17) is 0 Å². The Morgan fingerprint density at radius 3 is 2.29 bits per heavy atom. The highest BCUT2D eigenvalue weighted by atomic mass is 32.2. The molecule has 3 heteroatoms. The average Bonchev–Trinajstić information content (AvgIpc) is 3.07. The third-order valence-electron chi connectivity index (χ3n) is 6.73. The maximum atomic E-state index is 4.28. The summed E-state index contributed by atoms with van der Waals surface area (Å²) in [6, 6.07) is 11.0. The van der Waals surface area contributed by atoms with Gasteiger partial charge in [-0.3, -0.25) is 0 Å². The van der Waals surface area contributed by atoms with E-state index in [0.717, 1.165) is 24.3 Å². The van der Waals surface area contributed by atoms with Crippen LogP contribution in [-0.2, 0) is 6.54 Å². The van der Waals surface area contributed by atoms with Crippen LogP contribution in [0.2, 0.25) is 0 Å². The monoisotopic (exact) mass is 338 g/mol. The van der Waals surface area contributed by atoms with Crippen molar-refractivity contribution < 1.29 is 0 Å². The average molecular weight is 339 g/mol. The standard InChI is InChI=1S/C21H26N2S/c1-2-4-19(5-3-1)24-20(14-23-7-6-22-15-23)21-11-16-8-17(12-21)10-18(9-16)13-21/h1-7,15-18,20H,8-14H2. The molecule has 0 radical (unpaired) electrons. The van der Waals surface area contributed by atoms with Crippen LogP contribution in [0, 0.1) is 23.2 Å². The number of nitrogens with zero attached hydrogens (tertiary/aromatic N) is 2. The molecule has 2 aromatic rings. The van der Waals surface area contributed by atoms with Crippen LogP contribution >= 0.6 is 11.8 Å². The number of hydrogen-bond donors (Lipinski definition) is 0. The second kappa shape index (κ2) is 5.94. The smallest absolute Gasteiger partial charge is 0.0946 e. The summed E-state index contributed by atoms with van der Waals surface area (Å²) >= 11 is 2.13. The van der Waals surface area contributed by atoms with Crippen molar-refractivity contribution >= 4 is 11.8 Å². The van der Waals surface area contributed by atoms with Crippen LogP contribution < -0.4 is 0 Å². The largest absolute Gasteiger partial charge is 0.336 e. The fourth-order valence-corrected chi connectivity index (χ4v) is 7.61. The molecule has 0 saturated heterocycles.